The van der Waals surface area contributed by atoms with E-state index in [1.54, 1.807) is 11.3 Å². The summed E-state index contributed by atoms with van der Waals surface area (Å²) < 4.78 is 0. The minimum atomic E-state index is 0.254. The molecular formula is C11H18N2OS. The van der Waals surface area contributed by atoms with Gasteiger partial charge in [0.2, 0.25) is 0 Å². The summed E-state index contributed by atoms with van der Waals surface area (Å²) in [5.41, 5.74) is 0. The van der Waals surface area contributed by atoms with Gasteiger partial charge in [-0.05, 0) is 11.4 Å². The number of aliphatic hydroxyl groups is 1. The molecule has 1 aliphatic rings. The molecule has 2 rings (SSSR count). The van der Waals surface area contributed by atoms with E-state index in [-0.39, 0.29) is 6.61 Å². The van der Waals surface area contributed by atoms with Crippen molar-refractivity contribution in [2.45, 2.75) is 5.92 Å². The molecule has 0 aliphatic carbocycles. The van der Waals surface area contributed by atoms with Crippen LogP contribution in [0.2, 0.25) is 0 Å². The summed E-state index contributed by atoms with van der Waals surface area (Å²) in [6, 6.07) is 4.17. The van der Waals surface area contributed by atoms with Crippen LogP contribution in [-0.4, -0.2) is 49.3 Å². The van der Waals surface area contributed by atoms with E-state index in [1.807, 2.05) is 0 Å². The molecule has 1 aliphatic heterocycles. The number of hydrogen-bond acceptors (Lipinski definition) is 4. The zero-order valence-electron chi connectivity index (χ0n) is 8.85. The molecule has 84 valence electrons. The largest absolute Gasteiger partial charge is 0.396 e. The van der Waals surface area contributed by atoms with Gasteiger partial charge >= 0.3 is 0 Å². The molecule has 0 aromatic carbocycles. The van der Waals surface area contributed by atoms with Crippen molar-refractivity contribution in [1.29, 1.82) is 0 Å². The lowest BCUT2D eigenvalue weighted by Gasteiger charge is -2.29. The summed E-state index contributed by atoms with van der Waals surface area (Å²) in [5, 5.41) is 14.8. The van der Waals surface area contributed by atoms with Crippen molar-refractivity contribution >= 4 is 11.3 Å². The second-order valence-corrected chi connectivity index (χ2v) is 4.92. The van der Waals surface area contributed by atoms with Crippen molar-refractivity contribution in [1.82, 2.24) is 10.2 Å². The van der Waals surface area contributed by atoms with Crippen LogP contribution in [0.3, 0.4) is 0 Å². The summed E-state index contributed by atoms with van der Waals surface area (Å²) in [7, 11) is 0. The number of nitrogens with zero attached hydrogens (tertiary/aromatic N) is 1. The Morgan fingerprint density at radius 3 is 2.87 bits per heavy atom. The Balaban J connectivity index is 1.90. The quantitative estimate of drug-likeness (QED) is 0.794. The Morgan fingerprint density at radius 1 is 1.47 bits per heavy atom. The fourth-order valence-corrected chi connectivity index (χ4v) is 2.78. The van der Waals surface area contributed by atoms with Crippen molar-refractivity contribution in [3.05, 3.63) is 22.4 Å². The van der Waals surface area contributed by atoms with Gasteiger partial charge in [0.15, 0.2) is 0 Å². The van der Waals surface area contributed by atoms with Gasteiger partial charge in [-0.3, -0.25) is 0 Å². The Hall–Kier alpha value is -0.420. The van der Waals surface area contributed by atoms with Crippen LogP contribution in [0.25, 0.3) is 0 Å². The van der Waals surface area contributed by atoms with E-state index in [0.717, 1.165) is 32.7 Å². The summed E-state index contributed by atoms with van der Waals surface area (Å²) in [6.07, 6.45) is 0. The topological polar surface area (TPSA) is 35.5 Å². The van der Waals surface area contributed by atoms with Gasteiger partial charge in [0.05, 0.1) is 6.61 Å². The fraction of sp³-hybridized carbons (Fsp3) is 0.636. The SMILES string of the molecule is OCC(CN1CCNCC1)c1cccs1. The minimum absolute atomic E-state index is 0.254. The molecule has 1 aromatic rings. The summed E-state index contributed by atoms with van der Waals surface area (Å²) in [5.74, 6) is 0.295. The molecule has 3 nitrogen and oxygen atoms in total. The van der Waals surface area contributed by atoms with Gasteiger partial charge in [-0.2, -0.15) is 0 Å². The Morgan fingerprint density at radius 2 is 2.27 bits per heavy atom. The monoisotopic (exact) mass is 226 g/mol. The molecule has 1 unspecified atom stereocenters. The van der Waals surface area contributed by atoms with E-state index >= 15 is 0 Å². The molecule has 0 radical (unpaired) electrons. The Kier molecular flexibility index (Phi) is 4.14. The van der Waals surface area contributed by atoms with Crippen LogP contribution in [0.4, 0.5) is 0 Å². The molecular weight excluding hydrogens is 208 g/mol. The number of hydrogen-bond donors (Lipinski definition) is 2. The molecule has 1 atom stereocenters. The second kappa shape index (κ2) is 5.61. The van der Waals surface area contributed by atoms with Gasteiger partial charge in [-0.15, -0.1) is 11.3 Å². The minimum Gasteiger partial charge on any atom is -0.396 e. The van der Waals surface area contributed by atoms with Gasteiger partial charge in [0.25, 0.3) is 0 Å². The number of piperazine rings is 1. The van der Waals surface area contributed by atoms with Gasteiger partial charge in [0.1, 0.15) is 0 Å². The van der Waals surface area contributed by atoms with Crippen LogP contribution in [0.5, 0.6) is 0 Å². The maximum atomic E-state index is 9.39. The van der Waals surface area contributed by atoms with Gasteiger partial charge in [-0.1, -0.05) is 6.07 Å². The third kappa shape index (κ3) is 3.01. The third-order valence-electron chi connectivity index (χ3n) is 2.85. The van der Waals surface area contributed by atoms with Crippen LogP contribution in [-0.2, 0) is 0 Å². The second-order valence-electron chi connectivity index (χ2n) is 3.95. The predicted molar refractivity (Wildman–Crippen MR) is 63.5 cm³/mol. The number of rotatable bonds is 4. The molecule has 2 heterocycles. The third-order valence-corrected chi connectivity index (χ3v) is 3.89. The van der Waals surface area contributed by atoms with E-state index in [0.29, 0.717) is 5.92 Å². The predicted octanol–water partition coefficient (Wildman–Crippen LogP) is 0.729. The first kappa shape index (κ1) is 11.1. The molecule has 2 N–H and O–H groups in total. The van der Waals surface area contributed by atoms with Crippen LogP contribution in [0, 0.1) is 0 Å². The van der Waals surface area contributed by atoms with E-state index in [9.17, 15) is 5.11 Å². The highest BCUT2D eigenvalue weighted by Gasteiger charge is 2.17. The summed E-state index contributed by atoms with van der Waals surface area (Å²) in [6.45, 7) is 5.58. The lowest BCUT2D eigenvalue weighted by molar-refractivity contribution is 0.187. The molecule has 0 saturated carbocycles. The van der Waals surface area contributed by atoms with Gasteiger partial charge < -0.3 is 15.3 Å². The molecule has 0 amide bonds. The fourth-order valence-electron chi connectivity index (χ4n) is 1.97. The normalized spacial score (nSPS) is 20.3. The first-order valence-electron chi connectivity index (χ1n) is 5.47. The van der Waals surface area contributed by atoms with Crippen molar-refractivity contribution in [3.63, 3.8) is 0 Å². The highest BCUT2D eigenvalue weighted by molar-refractivity contribution is 7.10. The Labute approximate surface area is 94.7 Å². The van der Waals surface area contributed by atoms with Crippen LogP contribution >= 0.6 is 11.3 Å². The summed E-state index contributed by atoms with van der Waals surface area (Å²) >= 11 is 1.74. The van der Waals surface area contributed by atoms with Crippen LogP contribution in [0.1, 0.15) is 10.8 Å². The number of nitrogens with one attached hydrogen (secondary N) is 1. The molecule has 1 fully saturated rings. The van der Waals surface area contributed by atoms with Crippen molar-refractivity contribution in [2.24, 2.45) is 0 Å². The van der Waals surface area contributed by atoms with Gasteiger partial charge in [0, 0.05) is 43.5 Å². The zero-order valence-corrected chi connectivity index (χ0v) is 9.67. The highest BCUT2D eigenvalue weighted by Crippen LogP contribution is 2.21. The molecule has 4 heteroatoms. The molecule has 15 heavy (non-hydrogen) atoms. The first-order valence-corrected chi connectivity index (χ1v) is 6.35. The highest BCUT2D eigenvalue weighted by atomic mass is 32.1. The average Bonchev–Trinajstić information content (AvgIpc) is 2.81. The molecule has 0 spiro atoms. The zero-order chi connectivity index (χ0) is 10.5. The van der Waals surface area contributed by atoms with Crippen molar-refractivity contribution in [3.8, 4) is 0 Å². The number of aliphatic hydroxyl groups excluding tert-OH is 1. The van der Waals surface area contributed by atoms with Crippen LogP contribution < -0.4 is 5.32 Å². The molecule has 1 aromatic heterocycles. The summed E-state index contributed by atoms with van der Waals surface area (Å²) in [4.78, 5) is 3.73. The average molecular weight is 226 g/mol. The lowest BCUT2D eigenvalue weighted by atomic mass is 10.1. The van der Waals surface area contributed by atoms with Crippen molar-refractivity contribution < 1.29 is 5.11 Å². The van der Waals surface area contributed by atoms with Crippen molar-refractivity contribution in [2.75, 3.05) is 39.3 Å². The first-order chi connectivity index (χ1) is 7.40. The standard InChI is InChI=1S/C11H18N2OS/c14-9-10(11-2-1-7-15-11)8-13-5-3-12-4-6-13/h1-2,7,10,12,14H,3-6,8-9H2. The van der Waals surface area contributed by atoms with E-state index in [1.165, 1.54) is 4.88 Å². The van der Waals surface area contributed by atoms with E-state index in [4.69, 9.17) is 0 Å². The maximum absolute atomic E-state index is 9.39. The van der Waals surface area contributed by atoms with Crippen LogP contribution in [0.15, 0.2) is 17.5 Å². The smallest absolute Gasteiger partial charge is 0.0520 e. The van der Waals surface area contributed by atoms with E-state index < -0.39 is 0 Å². The lowest BCUT2D eigenvalue weighted by Crippen LogP contribution is -2.45. The Bertz CT molecular complexity index is 270. The molecule has 0 bridgehead atoms. The van der Waals surface area contributed by atoms with E-state index in [2.05, 4.69) is 27.7 Å². The molecule has 1 saturated heterocycles. The van der Waals surface area contributed by atoms with Gasteiger partial charge in [-0.25, -0.2) is 0 Å². The number of thiophene rings is 1. The maximum Gasteiger partial charge on any atom is 0.0520 e.